The number of aliphatic hydroxyl groups excluding tert-OH is 1. The van der Waals surface area contributed by atoms with E-state index in [1.165, 1.54) is 23.7 Å². The van der Waals surface area contributed by atoms with E-state index < -0.39 is 23.7 Å². The molecule has 1 amide bonds. The number of anilines is 3. The molecule has 42 heavy (non-hydrogen) atoms. The fourth-order valence-corrected chi connectivity index (χ4v) is 5.38. The number of nitriles is 1. The average molecular weight is 600 g/mol. The summed E-state index contributed by atoms with van der Waals surface area (Å²) >= 11 is 6.52. The third-order valence-corrected chi connectivity index (χ3v) is 7.56. The number of rotatable bonds is 10. The Bertz CT molecular complexity index is 1550. The van der Waals surface area contributed by atoms with E-state index in [9.17, 15) is 24.3 Å². The Morgan fingerprint density at radius 3 is 2.62 bits per heavy atom. The van der Waals surface area contributed by atoms with E-state index in [1.54, 1.807) is 25.2 Å². The Labute approximate surface area is 248 Å². The van der Waals surface area contributed by atoms with Crippen LogP contribution in [0.1, 0.15) is 19.4 Å². The zero-order valence-electron chi connectivity index (χ0n) is 23.9. The lowest BCUT2D eigenvalue weighted by Crippen LogP contribution is -2.46. The quantitative estimate of drug-likeness (QED) is 0.276. The molecule has 1 fully saturated rings. The van der Waals surface area contributed by atoms with Crippen molar-refractivity contribution in [2.45, 2.75) is 32.7 Å². The van der Waals surface area contributed by atoms with Gasteiger partial charge in [0.25, 0.3) is 11.5 Å². The average Bonchev–Trinajstić information content (AvgIpc) is 2.96. The molecule has 3 atom stereocenters. The molecule has 224 valence electrons. The van der Waals surface area contributed by atoms with Crippen molar-refractivity contribution in [1.82, 2.24) is 20.2 Å². The number of alkyl halides is 1. The summed E-state index contributed by atoms with van der Waals surface area (Å²) in [5.41, 5.74) is 0.937. The molecular formula is C29H35ClFN7O4. The Morgan fingerprint density at radius 1 is 1.26 bits per heavy atom. The van der Waals surface area contributed by atoms with Crippen molar-refractivity contribution < 1.29 is 19.0 Å². The smallest absolute Gasteiger partial charge is 0.293 e. The molecule has 0 radical (unpaired) electrons. The number of piperidine rings is 1. The molecule has 1 saturated heterocycles. The Morgan fingerprint density at radius 2 is 1.98 bits per heavy atom. The van der Waals surface area contributed by atoms with Crippen LogP contribution >= 0.6 is 11.6 Å². The summed E-state index contributed by atoms with van der Waals surface area (Å²) in [5, 5.41) is 29.5. The van der Waals surface area contributed by atoms with E-state index in [1.807, 2.05) is 18.7 Å². The number of benzene rings is 1. The highest BCUT2D eigenvalue weighted by Gasteiger charge is 2.33. The number of likely N-dealkylation sites (N-methyl/N-ethyl adjacent to an activating group) is 2. The van der Waals surface area contributed by atoms with Crippen LogP contribution in [0, 0.1) is 23.2 Å². The summed E-state index contributed by atoms with van der Waals surface area (Å²) in [6, 6.07) is 10.4. The Hall–Kier alpha value is -3.92. The minimum absolute atomic E-state index is 0.00109. The van der Waals surface area contributed by atoms with Crippen LogP contribution in [-0.2, 0) is 11.3 Å². The Kier molecular flexibility index (Phi) is 9.88. The molecule has 13 heteroatoms. The van der Waals surface area contributed by atoms with Gasteiger partial charge in [-0.15, -0.1) is 0 Å². The van der Waals surface area contributed by atoms with Gasteiger partial charge in [0.2, 0.25) is 0 Å². The highest BCUT2D eigenvalue weighted by Crippen LogP contribution is 2.34. The van der Waals surface area contributed by atoms with E-state index >= 15 is 0 Å². The summed E-state index contributed by atoms with van der Waals surface area (Å²) in [7, 11) is 3.16. The second-order valence-corrected chi connectivity index (χ2v) is 11.0. The van der Waals surface area contributed by atoms with Crippen molar-refractivity contribution in [3.05, 3.63) is 51.3 Å². The summed E-state index contributed by atoms with van der Waals surface area (Å²) in [5.74, 6) is -0.160. The first-order valence-corrected chi connectivity index (χ1v) is 14.0. The van der Waals surface area contributed by atoms with Crippen LogP contribution in [-0.4, -0.2) is 73.2 Å². The van der Waals surface area contributed by atoms with Gasteiger partial charge in [-0.3, -0.25) is 9.59 Å². The lowest BCUT2D eigenvalue weighted by molar-refractivity contribution is -0.122. The molecule has 11 nitrogen and oxygen atoms in total. The summed E-state index contributed by atoms with van der Waals surface area (Å²) in [6.45, 7) is 4.43. The molecular weight excluding hydrogens is 565 g/mol. The third kappa shape index (κ3) is 6.75. The molecule has 0 saturated carbocycles. The lowest BCUT2D eigenvalue weighted by Gasteiger charge is -2.38. The molecule has 0 bridgehead atoms. The summed E-state index contributed by atoms with van der Waals surface area (Å²) in [4.78, 5) is 31.6. The van der Waals surface area contributed by atoms with Gasteiger partial charge in [0.1, 0.15) is 18.1 Å². The van der Waals surface area contributed by atoms with E-state index in [4.69, 9.17) is 16.3 Å². The predicted octanol–water partition coefficient (Wildman–Crippen LogP) is 2.80. The van der Waals surface area contributed by atoms with Gasteiger partial charge < -0.3 is 35.3 Å². The van der Waals surface area contributed by atoms with E-state index in [0.29, 0.717) is 46.9 Å². The maximum atomic E-state index is 14.5. The predicted molar refractivity (Wildman–Crippen MR) is 160 cm³/mol. The molecule has 1 aliphatic heterocycles. The van der Waals surface area contributed by atoms with Crippen molar-refractivity contribution >= 4 is 45.7 Å². The first kappa shape index (κ1) is 31.0. The van der Waals surface area contributed by atoms with Crippen LogP contribution in [0.25, 0.3) is 10.9 Å². The van der Waals surface area contributed by atoms with Gasteiger partial charge in [0, 0.05) is 49.6 Å². The number of fused-ring (bicyclic) bond motifs is 1. The lowest BCUT2D eigenvalue weighted by atomic mass is 9.89. The standard InChI is InChI=1S/C29H35ClFN7O4/c1-16-12-37(13-17(2)26(16)31)28-19(10-32)8-22(30)27(36-28)35-20-5-6-23-18(7-20)9-24(42-15-25(40)34-4)29(41)38(23)14-21(39)11-33-3/h5-9,16-17,21,26,33,39H,11-15H2,1-4H3,(H,34,40)(H,35,36). The number of aliphatic hydroxyl groups is 1. The van der Waals surface area contributed by atoms with E-state index in [2.05, 4.69) is 27.0 Å². The minimum Gasteiger partial charge on any atom is -0.478 e. The number of amides is 1. The number of ether oxygens (including phenoxy) is 1. The van der Waals surface area contributed by atoms with Crippen LogP contribution in [0.15, 0.2) is 35.1 Å². The van der Waals surface area contributed by atoms with Crippen molar-refractivity contribution in [3.63, 3.8) is 0 Å². The number of carbonyl (C=O) groups excluding carboxylic acids is 1. The van der Waals surface area contributed by atoms with Gasteiger partial charge in [-0.25, -0.2) is 9.37 Å². The number of carbonyl (C=O) groups is 1. The second kappa shape index (κ2) is 13.4. The number of nitrogens with zero attached hydrogens (tertiary/aromatic N) is 4. The largest absolute Gasteiger partial charge is 0.478 e. The van der Waals surface area contributed by atoms with Crippen molar-refractivity contribution in [2.75, 3.05) is 50.6 Å². The van der Waals surface area contributed by atoms with Crippen LogP contribution in [0.2, 0.25) is 5.02 Å². The number of nitrogens with one attached hydrogen (secondary N) is 3. The first-order chi connectivity index (χ1) is 20.1. The molecule has 1 aromatic carbocycles. The molecule has 1 aliphatic rings. The van der Waals surface area contributed by atoms with Crippen molar-refractivity contribution in [1.29, 1.82) is 5.26 Å². The molecule has 3 heterocycles. The van der Waals surface area contributed by atoms with E-state index in [-0.39, 0.29) is 42.3 Å². The highest BCUT2D eigenvalue weighted by atomic mass is 35.5. The normalized spacial score (nSPS) is 19.3. The Balaban J connectivity index is 1.72. The van der Waals surface area contributed by atoms with E-state index in [0.717, 1.165) is 0 Å². The molecule has 2 aromatic heterocycles. The topological polar surface area (TPSA) is 145 Å². The highest BCUT2D eigenvalue weighted by molar-refractivity contribution is 6.33. The number of hydrogen-bond acceptors (Lipinski definition) is 9. The van der Waals surface area contributed by atoms with Gasteiger partial charge in [0.05, 0.1) is 28.8 Å². The molecule has 4 rings (SSSR count). The van der Waals surface area contributed by atoms with Gasteiger partial charge in [-0.1, -0.05) is 25.4 Å². The van der Waals surface area contributed by atoms with Crippen LogP contribution in [0.5, 0.6) is 5.75 Å². The molecule has 3 aromatic rings. The zero-order valence-corrected chi connectivity index (χ0v) is 24.7. The number of hydrogen-bond donors (Lipinski definition) is 4. The maximum absolute atomic E-state index is 14.5. The SMILES string of the molecule is CNCC(O)Cn1c(=O)c(OCC(=O)NC)cc2cc(Nc3nc(N4CC(C)C(F)C(C)C4)c(C#N)cc3Cl)ccc21. The molecule has 0 aliphatic carbocycles. The monoisotopic (exact) mass is 599 g/mol. The first-order valence-electron chi connectivity index (χ1n) is 13.7. The van der Waals surface area contributed by atoms with Gasteiger partial charge in [-0.2, -0.15) is 5.26 Å². The van der Waals surface area contributed by atoms with Crippen LogP contribution < -0.4 is 31.1 Å². The van der Waals surface area contributed by atoms with Crippen LogP contribution in [0.3, 0.4) is 0 Å². The molecule has 4 N–H and O–H groups in total. The van der Waals surface area contributed by atoms with Gasteiger partial charge in [0.15, 0.2) is 18.2 Å². The maximum Gasteiger partial charge on any atom is 0.293 e. The minimum atomic E-state index is -0.934. The summed E-state index contributed by atoms with van der Waals surface area (Å²) in [6.07, 6.45) is -1.79. The number of pyridine rings is 2. The number of halogens is 2. The number of aromatic nitrogens is 2. The zero-order chi connectivity index (χ0) is 30.6. The van der Waals surface area contributed by atoms with Crippen LogP contribution in [0.4, 0.5) is 21.7 Å². The third-order valence-electron chi connectivity index (χ3n) is 7.27. The second-order valence-electron chi connectivity index (χ2n) is 10.6. The molecule has 0 spiro atoms. The van der Waals surface area contributed by atoms with Gasteiger partial charge in [-0.05, 0) is 37.4 Å². The fourth-order valence-electron chi connectivity index (χ4n) is 5.18. The molecule has 3 unspecified atom stereocenters. The van der Waals surface area contributed by atoms with Crippen molar-refractivity contribution in [3.8, 4) is 11.8 Å². The summed E-state index contributed by atoms with van der Waals surface area (Å²) < 4.78 is 21.4. The van der Waals surface area contributed by atoms with Crippen molar-refractivity contribution in [2.24, 2.45) is 11.8 Å². The fraction of sp³-hybridized carbons (Fsp3) is 0.448. The van der Waals surface area contributed by atoms with Gasteiger partial charge >= 0.3 is 0 Å².